The Balaban J connectivity index is 1.88. The normalized spacial score (nSPS) is 11.7. The number of rotatable bonds is 7. The van der Waals surface area contributed by atoms with Gasteiger partial charge in [0.15, 0.2) is 0 Å². The summed E-state index contributed by atoms with van der Waals surface area (Å²) in [5.74, 6) is 0.744. The molecule has 0 amide bonds. The van der Waals surface area contributed by atoms with Crippen molar-refractivity contribution in [2.24, 2.45) is 0 Å². The van der Waals surface area contributed by atoms with Gasteiger partial charge in [0.05, 0.1) is 16.0 Å². The molecule has 0 bridgehead atoms. The highest BCUT2D eigenvalue weighted by Crippen LogP contribution is 2.32. The van der Waals surface area contributed by atoms with Gasteiger partial charge in [-0.3, -0.25) is 15.1 Å². The van der Waals surface area contributed by atoms with E-state index in [9.17, 15) is 18.5 Å². The Morgan fingerprint density at radius 2 is 1.87 bits per heavy atom. The third-order valence-corrected chi connectivity index (χ3v) is 5.55. The summed E-state index contributed by atoms with van der Waals surface area (Å²) in [6.45, 7) is 5.06. The number of anilines is 2. The van der Waals surface area contributed by atoms with Gasteiger partial charge in [-0.15, -0.1) is 0 Å². The molecule has 0 atom stereocenters. The summed E-state index contributed by atoms with van der Waals surface area (Å²) in [5.41, 5.74) is -0.463. The number of nitro benzene ring substituents is 1. The molecular formula is C20H21N5O5S. The van der Waals surface area contributed by atoms with Gasteiger partial charge in [-0.1, -0.05) is 6.07 Å². The van der Waals surface area contributed by atoms with Gasteiger partial charge in [0.25, 0.3) is 5.69 Å². The number of nitrogens with zero attached hydrogens (tertiary/aromatic N) is 3. The van der Waals surface area contributed by atoms with Crippen LogP contribution in [0.1, 0.15) is 20.8 Å². The fraction of sp³-hybridized carbons (Fsp3) is 0.200. The van der Waals surface area contributed by atoms with Gasteiger partial charge in [0.1, 0.15) is 11.4 Å². The van der Waals surface area contributed by atoms with Crippen LogP contribution in [-0.2, 0) is 10.0 Å². The molecule has 0 aliphatic carbocycles. The van der Waals surface area contributed by atoms with Crippen LogP contribution in [-0.4, -0.2) is 28.8 Å². The summed E-state index contributed by atoms with van der Waals surface area (Å²) >= 11 is 0. The van der Waals surface area contributed by atoms with Crippen molar-refractivity contribution < 1.29 is 18.1 Å². The first-order valence-corrected chi connectivity index (χ1v) is 10.7. The number of nitrogens with one attached hydrogen (secondary N) is 2. The summed E-state index contributed by atoms with van der Waals surface area (Å²) in [6, 6.07) is 10.4. The zero-order valence-electron chi connectivity index (χ0n) is 17.1. The molecule has 2 N–H and O–H groups in total. The van der Waals surface area contributed by atoms with Crippen molar-refractivity contribution in [2.45, 2.75) is 31.2 Å². The van der Waals surface area contributed by atoms with Gasteiger partial charge in [-0.25, -0.2) is 18.1 Å². The van der Waals surface area contributed by atoms with E-state index < -0.39 is 20.5 Å². The molecule has 31 heavy (non-hydrogen) atoms. The van der Waals surface area contributed by atoms with E-state index in [4.69, 9.17) is 4.74 Å². The quantitative estimate of drug-likeness (QED) is 0.413. The molecule has 0 saturated heterocycles. The molecule has 0 fully saturated rings. The molecule has 0 spiro atoms. The van der Waals surface area contributed by atoms with Gasteiger partial charge in [0.2, 0.25) is 15.9 Å². The molecule has 0 aliphatic heterocycles. The van der Waals surface area contributed by atoms with Crippen molar-refractivity contribution in [1.82, 2.24) is 14.7 Å². The largest absolute Gasteiger partial charge is 0.437 e. The Labute approximate surface area is 179 Å². The summed E-state index contributed by atoms with van der Waals surface area (Å²) < 4.78 is 33.1. The van der Waals surface area contributed by atoms with Crippen LogP contribution < -0.4 is 14.8 Å². The zero-order valence-corrected chi connectivity index (χ0v) is 17.9. The number of ether oxygens (including phenoxy) is 1. The second-order valence-corrected chi connectivity index (χ2v) is 9.27. The van der Waals surface area contributed by atoms with Crippen LogP contribution in [0.2, 0.25) is 0 Å². The maximum Gasteiger partial charge on any atom is 0.294 e. The fourth-order valence-electron chi connectivity index (χ4n) is 2.65. The van der Waals surface area contributed by atoms with Crippen LogP contribution in [0.15, 0.2) is 66.0 Å². The van der Waals surface area contributed by atoms with Crippen LogP contribution in [0.3, 0.4) is 0 Å². The molecule has 3 rings (SSSR count). The van der Waals surface area contributed by atoms with E-state index in [2.05, 4.69) is 20.0 Å². The van der Waals surface area contributed by atoms with Crippen molar-refractivity contribution in [3.63, 3.8) is 0 Å². The maximum atomic E-state index is 12.5. The first-order valence-electron chi connectivity index (χ1n) is 9.17. The van der Waals surface area contributed by atoms with Crippen LogP contribution in [0, 0.1) is 10.1 Å². The smallest absolute Gasteiger partial charge is 0.294 e. The Morgan fingerprint density at radius 1 is 1.10 bits per heavy atom. The highest BCUT2D eigenvalue weighted by molar-refractivity contribution is 7.89. The van der Waals surface area contributed by atoms with Crippen molar-refractivity contribution >= 4 is 27.1 Å². The Kier molecular flexibility index (Phi) is 6.18. The molecule has 1 aromatic heterocycles. The molecule has 0 radical (unpaired) electrons. The number of sulfonamides is 1. The standard InChI is InChI=1S/C20H21N5O5S/c1-20(2,3)24-31(28,29)16-7-8-17(18(12-16)25(26)27)23-14-5-4-6-15(11-14)30-19-13-21-9-10-22-19/h4-13,23-24H,1-3H3. The van der Waals surface area contributed by atoms with E-state index in [1.54, 1.807) is 45.0 Å². The minimum atomic E-state index is -3.92. The van der Waals surface area contributed by atoms with Gasteiger partial charge in [-0.05, 0) is 45.0 Å². The van der Waals surface area contributed by atoms with E-state index in [1.165, 1.54) is 30.7 Å². The van der Waals surface area contributed by atoms with Crippen molar-refractivity contribution in [1.29, 1.82) is 0 Å². The molecule has 11 heteroatoms. The van der Waals surface area contributed by atoms with E-state index in [1.807, 2.05) is 0 Å². The van der Waals surface area contributed by atoms with E-state index >= 15 is 0 Å². The summed E-state index contributed by atoms with van der Waals surface area (Å²) in [4.78, 5) is 18.7. The number of nitro groups is 1. The van der Waals surface area contributed by atoms with Crippen LogP contribution >= 0.6 is 0 Å². The van der Waals surface area contributed by atoms with Crippen molar-refractivity contribution in [3.05, 3.63) is 71.2 Å². The maximum absolute atomic E-state index is 12.5. The predicted molar refractivity (Wildman–Crippen MR) is 115 cm³/mol. The van der Waals surface area contributed by atoms with Gasteiger partial charge < -0.3 is 10.1 Å². The molecule has 2 aromatic carbocycles. The molecular weight excluding hydrogens is 422 g/mol. The molecule has 0 aliphatic rings. The topological polar surface area (TPSA) is 136 Å². The van der Waals surface area contributed by atoms with E-state index in [0.29, 0.717) is 17.3 Å². The van der Waals surface area contributed by atoms with Crippen molar-refractivity contribution in [3.8, 4) is 11.6 Å². The van der Waals surface area contributed by atoms with Gasteiger partial charge >= 0.3 is 0 Å². The fourth-order valence-corrected chi connectivity index (χ4v) is 4.09. The Hall–Kier alpha value is -3.57. The average Bonchev–Trinajstić information content (AvgIpc) is 2.67. The molecule has 0 unspecified atom stereocenters. The third-order valence-electron chi connectivity index (χ3n) is 3.79. The van der Waals surface area contributed by atoms with Crippen molar-refractivity contribution in [2.75, 3.05) is 5.32 Å². The zero-order chi connectivity index (χ0) is 22.6. The first kappa shape index (κ1) is 22.1. The number of hydrogen-bond acceptors (Lipinski definition) is 8. The minimum Gasteiger partial charge on any atom is -0.437 e. The second-order valence-electron chi connectivity index (χ2n) is 7.59. The summed E-state index contributed by atoms with van der Waals surface area (Å²) in [6.07, 6.45) is 4.46. The predicted octanol–water partition coefficient (Wildman–Crippen LogP) is 4.00. The number of benzene rings is 2. The van der Waals surface area contributed by atoms with Crippen LogP contribution in [0.4, 0.5) is 17.1 Å². The lowest BCUT2D eigenvalue weighted by atomic mass is 10.1. The third kappa shape index (κ3) is 5.96. The lowest BCUT2D eigenvalue weighted by molar-refractivity contribution is -0.384. The second kappa shape index (κ2) is 8.66. The van der Waals surface area contributed by atoms with Gasteiger partial charge in [0, 0.05) is 35.8 Å². The molecule has 162 valence electrons. The summed E-state index contributed by atoms with van der Waals surface area (Å²) in [7, 11) is -3.92. The monoisotopic (exact) mass is 443 g/mol. The number of hydrogen-bond donors (Lipinski definition) is 2. The lowest BCUT2D eigenvalue weighted by Gasteiger charge is -2.20. The summed E-state index contributed by atoms with van der Waals surface area (Å²) in [5, 5.41) is 14.5. The Bertz CT molecular complexity index is 1190. The number of aromatic nitrogens is 2. The molecule has 1 heterocycles. The average molecular weight is 443 g/mol. The van der Waals surface area contributed by atoms with Crippen LogP contribution in [0.5, 0.6) is 11.6 Å². The molecule has 0 saturated carbocycles. The molecule has 10 nitrogen and oxygen atoms in total. The minimum absolute atomic E-state index is 0.136. The first-order chi connectivity index (χ1) is 14.5. The van der Waals surface area contributed by atoms with E-state index in [0.717, 1.165) is 6.07 Å². The van der Waals surface area contributed by atoms with Gasteiger partial charge in [-0.2, -0.15) is 0 Å². The highest BCUT2D eigenvalue weighted by atomic mass is 32.2. The lowest BCUT2D eigenvalue weighted by Crippen LogP contribution is -2.40. The van der Waals surface area contributed by atoms with E-state index in [-0.39, 0.29) is 16.3 Å². The SMILES string of the molecule is CC(C)(C)NS(=O)(=O)c1ccc(Nc2cccc(Oc3cnccn3)c2)c([N+](=O)[O-])c1. The van der Waals surface area contributed by atoms with Crippen LogP contribution in [0.25, 0.3) is 0 Å². The highest BCUT2D eigenvalue weighted by Gasteiger charge is 2.25. The Morgan fingerprint density at radius 3 is 2.52 bits per heavy atom. The molecule has 3 aromatic rings.